The third-order valence-electron chi connectivity index (χ3n) is 5.96. The molecule has 162 valence electrons. The van der Waals surface area contributed by atoms with Crippen molar-refractivity contribution in [3.63, 3.8) is 0 Å². The van der Waals surface area contributed by atoms with Gasteiger partial charge in [0.15, 0.2) is 0 Å². The molecule has 3 aliphatic heterocycles. The molecule has 0 aliphatic carbocycles. The summed E-state index contributed by atoms with van der Waals surface area (Å²) >= 11 is 6.06. The van der Waals surface area contributed by atoms with E-state index in [4.69, 9.17) is 26.1 Å². The molecule has 3 aliphatic rings. The Morgan fingerprint density at radius 2 is 2.00 bits per heavy atom. The SMILES string of the molecule is COCC1C=C2c3ncc(N4CCOCC4)cc3N(Cc3ccc(Cl)cc3)C(=O)N2C1. The van der Waals surface area contributed by atoms with E-state index in [-0.39, 0.29) is 11.9 Å². The van der Waals surface area contributed by atoms with Crippen LogP contribution >= 0.6 is 11.6 Å². The van der Waals surface area contributed by atoms with Crippen molar-refractivity contribution in [3.8, 4) is 0 Å². The van der Waals surface area contributed by atoms with E-state index in [1.165, 1.54) is 0 Å². The maximum Gasteiger partial charge on any atom is 0.329 e. The van der Waals surface area contributed by atoms with Gasteiger partial charge in [-0.15, -0.1) is 0 Å². The highest BCUT2D eigenvalue weighted by Crippen LogP contribution is 2.41. The Bertz CT molecular complexity index is 1000. The summed E-state index contributed by atoms with van der Waals surface area (Å²) in [5.41, 5.74) is 4.58. The Labute approximate surface area is 186 Å². The topological polar surface area (TPSA) is 58.1 Å². The van der Waals surface area contributed by atoms with Gasteiger partial charge in [-0.1, -0.05) is 29.8 Å². The molecule has 2 aromatic rings. The summed E-state index contributed by atoms with van der Waals surface area (Å²) in [7, 11) is 1.69. The molecule has 2 amide bonds. The first-order chi connectivity index (χ1) is 15.1. The van der Waals surface area contributed by atoms with Crippen LogP contribution in [0.2, 0.25) is 5.02 Å². The second kappa shape index (κ2) is 8.49. The van der Waals surface area contributed by atoms with Crippen molar-refractivity contribution in [1.82, 2.24) is 9.88 Å². The molecule has 5 rings (SSSR count). The first-order valence-corrected chi connectivity index (χ1v) is 10.9. The van der Waals surface area contributed by atoms with E-state index in [9.17, 15) is 4.79 Å². The molecule has 0 radical (unpaired) electrons. The predicted molar refractivity (Wildman–Crippen MR) is 120 cm³/mol. The fourth-order valence-electron chi connectivity index (χ4n) is 4.42. The molecule has 8 heteroatoms. The number of nitrogens with zero attached hydrogens (tertiary/aromatic N) is 4. The lowest BCUT2D eigenvalue weighted by Gasteiger charge is -2.37. The van der Waals surface area contributed by atoms with E-state index in [2.05, 4.69) is 17.0 Å². The zero-order chi connectivity index (χ0) is 21.4. The minimum Gasteiger partial charge on any atom is -0.384 e. The van der Waals surface area contributed by atoms with Crippen molar-refractivity contribution in [2.24, 2.45) is 5.92 Å². The van der Waals surface area contributed by atoms with E-state index in [0.29, 0.717) is 37.9 Å². The third kappa shape index (κ3) is 3.89. The van der Waals surface area contributed by atoms with Crippen molar-refractivity contribution in [3.05, 3.63) is 58.9 Å². The average Bonchev–Trinajstić information content (AvgIpc) is 3.23. The van der Waals surface area contributed by atoms with Gasteiger partial charge < -0.3 is 14.4 Å². The van der Waals surface area contributed by atoms with Gasteiger partial charge in [0, 0.05) is 37.7 Å². The fraction of sp³-hybridized carbons (Fsp3) is 0.391. The Morgan fingerprint density at radius 1 is 1.23 bits per heavy atom. The number of urea groups is 1. The number of benzene rings is 1. The van der Waals surface area contributed by atoms with Gasteiger partial charge >= 0.3 is 6.03 Å². The summed E-state index contributed by atoms with van der Waals surface area (Å²) in [4.78, 5) is 24.3. The Balaban J connectivity index is 1.54. The van der Waals surface area contributed by atoms with Gasteiger partial charge in [0.25, 0.3) is 0 Å². The number of carbonyl (C=O) groups excluding carboxylic acids is 1. The molecule has 7 nitrogen and oxygen atoms in total. The number of fused-ring (bicyclic) bond motifs is 3. The Morgan fingerprint density at radius 3 is 2.74 bits per heavy atom. The molecule has 0 N–H and O–H groups in total. The zero-order valence-electron chi connectivity index (χ0n) is 17.5. The molecular formula is C23H25ClN4O3. The minimum absolute atomic E-state index is 0.0340. The van der Waals surface area contributed by atoms with Gasteiger partial charge in [-0.3, -0.25) is 14.8 Å². The number of hydrogen-bond donors (Lipinski definition) is 0. The Kier molecular flexibility index (Phi) is 5.56. The van der Waals surface area contributed by atoms with Crippen molar-refractivity contribution >= 4 is 34.7 Å². The molecule has 1 fully saturated rings. The van der Waals surface area contributed by atoms with E-state index in [0.717, 1.165) is 41.4 Å². The normalized spacial score (nSPS) is 20.6. The molecular weight excluding hydrogens is 416 g/mol. The number of rotatable bonds is 5. The first-order valence-electron chi connectivity index (χ1n) is 10.5. The van der Waals surface area contributed by atoms with E-state index in [1.54, 1.807) is 7.11 Å². The lowest BCUT2D eigenvalue weighted by atomic mass is 10.1. The van der Waals surface area contributed by atoms with Gasteiger partial charge in [0.2, 0.25) is 0 Å². The Hall–Kier alpha value is -2.61. The van der Waals surface area contributed by atoms with Gasteiger partial charge in [0.1, 0.15) is 5.69 Å². The highest BCUT2D eigenvalue weighted by atomic mass is 35.5. The van der Waals surface area contributed by atoms with Crippen molar-refractivity contribution < 1.29 is 14.3 Å². The maximum absolute atomic E-state index is 13.6. The number of halogens is 1. The monoisotopic (exact) mass is 440 g/mol. The number of anilines is 2. The number of ether oxygens (including phenoxy) is 2. The van der Waals surface area contributed by atoms with Gasteiger partial charge in [-0.2, -0.15) is 0 Å². The van der Waals surface area contributed by atoms with Crippen molar-refractivity contribution in [2.75, 3.05) is 56.4 Å². The number of methoxy groups -OCH3 is 1. The summed E-state index contributed by atoms with van der Waals surface area (Å²) < 4.78 is 10.8. The number of hydrogen-bond acceptors (Lipinski definition) is 5. The fourth-order valence-corrected chi connectivity index (χ4v) is 4.54. The van der Waals surface area contributed by atoms with Gasteiger partial charge in [-0.25, -0.2) is 4.79 Å². The molecule has 1 aromatic heterocycles. The molecule has 1 unspecified atom stereocenters. The molecule has 4 heterocycles. The smallest absolute Gasteiger partial charge is 0.329 e. The van der Waals surface area contributed by atoms with Crippen LogP contribution in [0.25, 0.3) is 5.70 Å². The highest BCUT2D eigenvalue weighted by molar-refractivity contribution is 6.30. The van der Waals surface area contributed by atoms with E-state index >= 15 is 0 Å². The number of pyridine rings is 1. The lowest BCUT2D eigenvalue weighted by Crippen LogP contribution is -2.46. The van der Waals surface area contributed by atoms with Crippen LogP contribution in [0.1, 0.15) is 11.3 Å². The van der Waals surface area contributed by atoms with Crippen LogP contribution in [0.4, 0.5) is 16.2 Å². The van der Waals surface area contributed by atoms with Gasteiger partial charge in [0.05, 0.1) is 49.6 Å². The number of amides is 2. The summed E-state index contributed by atoms with van der Waals surface area (Å²) in [5.74, 6) is 0.160. The lowest BCUT2D eigenvalue weighted by molar-refractivity contribution is 0.122. The summed E-state index contributed by atoms with van der Waals surface area (Å²) in [6.07, 6.45) is 4.02. The van der Waals surface area contributed by atoms with E-state index in [1.807, 2.05) is 40.3 Å². The molecule has 0 saturated carbocycles. The summed E-state index contributed by atoms with van der Waals surface area (Å²) in [6.45, 7) is 4.66. The van der Waals surface area contributed by atoms with Crippen LogP contribution in [-0.2, 0) is 16.0 Å². The zero-order valence-corrected chi connectivity index (χ0v) is 18.2. The second-order valence-electron chi connectivity index (χ2n) is 8.03. The van der Waals surface area contributed by atoms with Crippen LogP contribution in [0.5, 0.6) is 0 Å². The van der Waals surface area contributed by atoms with Crippen molar-refractivity contribution in [2.45, 2.75) is 6.54 Å². The maximum atomic E-state index is 13.6. The first kappa shape index (κ1) is 20.3. The largest absolute Gasteiger partial charge is 0.384 e. The van der Waals surface area contributed by atoms with Crippen LogP contribution in [-0.4, -0.2) is 62.5 Å². The van der Waals surface area contributed by atoms with Crippen LogP contribution in [0.15, 0.2) is 42.6 Å². The average molecular weight is 441 g/mol. The molecule has 1 atom stereocenters. The van der Waals surface area contributed by atoms with Crippen LogP contribution in [0, 0.1) is 5.92 Å². The predicted octanol–water partition coefficient (Wildman–Crippen LogP) is 3.63. The van der Waals surface area contributed by atoms with Crippen molar-refractivity contribution in [1.29, 1.82) is 0 Å². The third-order valence-corrected chi connectivity index (χ3v) is 6.21. The standard InChI is InChI=1S/C23H25ClN4O3/c1-30-15-17-10-20-22-21(11-19(12-25-22)26-6-8-31-9-7-26)27(23(29)28(20)14-17)13-16-2-4-18(24)5-3-16/h2-5,10-12,17H,6-9,13-15H2,1H3. The molecule has 1 aromatic carbocycles. The number of aromatic nitrogens is 1. The number of morpholine rings is 1. The summed E-state index contributed by atoms with van der Waals surface area (Å²) in [6, 6.07) is 9.67. The van der Waals surface area contributed by atoms with Crippen LogP contribution in [0.3, 0.4) is 0 Å². The molecule has 0 spiro atoms. The quantitative estimate of drug-likeness (QED) is 0.710. The van der Waals surface area contributed by atoms with Gasteiger partial charge in [-0.05, 0) is 23.8 Å². The molecule has 31 heavy (non-hydrogen) atoms. The van der Waals surface area contributed by atoms with E-state index < -0.39 is 0 Å². The minimum atomic E-state index is -0.0340. The number of carbonyl (C=O) groups is 1. The summed E-state index contributed by atoms with van der Waals surface area (Å²) in [5, 5.41) is 0.678. The second-order valence-corrected chi connectivity index (χ2v) is 8.47. The van der Waals surface area contributed by atoms with Crippen LogP contribution < -0.4 is 9.80 Å². The highest BCUT2D eigenvalue weighted by Gasteiger charge is 2.40. The molecule has 0 bridgehead atoms. The molecule has 1 saturated heterocycles.